The van der Waals surface area contributed by atoms with Crippen LogP contribution in [-0.2, 0) is 9.59 Å². The van der Waals surface area contributed by atoms with E-state index in [9.17, 15) is 9.59 Å². The van der Waals surface area contributed by atoms with Crippen molar-refractivity contribution in [3.8, 4) is 0 Å². The maximum absolute atomic E-state index is 12.1. The average Bonchev–Trinajstić information content (AvgIpc) is 2.71. The summed E-state index contributed by atoms with van der Waals surface area (Å²) in [6.07, 6.45) is 0.868. The second kappa shape index (κ2) is 6.85. The standard InChI is InChI=1S/C14H18BrN3O2/c1-10-3-4-11(15)12(9-10)17-13(19)14(20)18-7-2-5-16-6-8-18/h3-4,9,16H,2,5-8H2,1H3,(H,17,19). The molecule has 1 aliphatic heterocycles. The number of anilines is 1. The number of halogens is 1. The van der Waals surface area contributed by atoms with E-state index in [4.69, 9.17) is 0 Å². The zero-order valence-corrected chi connectivity index (χ0v) is 13.0. The Kier molecular flexibility index (Phi) is 5.14. The second-order valence-corrected chi connectivity index (χ2v) is 5.69. The van der Waals surface area contributed by atoms with Gasteiger partial charge in [-0.3, -0.25) is 9.59 Å². The van der Waals surface area contributed by atoms with Crippen LogP contribution in [0.2, 0.25) is 0 Å². The van der Waals surface area contributed by atoms with Crippen molar-refractivity contribution in [1.29, 1.82) is 0 Å². The number of amides is 2. The normalized spacial score (nSPS) is 15.6. The smallest absolute Gasteiger partial charge is 0.313 e. The van der Waals surface area contributed by atoms with E-state index in [0.29, 0.717) is 18.8 Å². The Morgan fingerprint density at radius 3 is 2.90 bits per heavy atom. The monoisotopic (exact) mass is 339 g/mol. The number of hydrogen-bond acceptors (Lipinski definition) is 3. The van der Waals surface area contributed by atoms with Crippen molar-refractivity contribution in [2.24, 2.45) is 0 Å². The average molecular weight is 340 g/mol. The van der Waals surface area contributed by atoms with E-state index in [-0.39, 0.29) is 0 Å². The Hall–Kier alpha value is -1.40. The van der Waals surface area contributed by atoms with Crippen LogP contribution in [0.4, 0.5) is 5.69 Å². The van der Waals surface area contributed by atoms with Crippen LogP contribution in [0.1, 0.15) is 12.0 Å². The van der Waals surface area contributed by atoms with Gasteiger partial charge in [0.15, 0.2) is 0 Å². The minimum atomic E-state index is -0.585. The third-order valence-corrected chi connectivity index (χ3v) is 3.88. The van der Waals surface area contributed by atoms with Gasteiger partial charge >= 0.3 is 11.8 Å². The molecule has 1 aliphatic rings. The summed E-state index contributed by atoms with van der Waals surface area (Å²) in [6, 6.07) is 5.62. The number of nitrogens with zero attached hydrogens (tertiary/aromatic N) is 1. The molecule has 2 amide bonds. The van der Waals surface area contributed by atoms with E-state index in [1.807, 2.05) is 25.1 Å². The van der Waals surface area contributed by atoms with Gasteiger partial charge in [0.2, 0.25) is 0 Å². The lowest BCUT2D eigenvalue weighted by Crippen LogP contribution is -2.41. The first-order valence-corrected chi connectivity index (χ1v) is 7.44. The van der Waals surface area contributed by atoms with Crippen LogP contribution in [0.3, 0.4) is 0 Å². The summed E-state index contributed by atoms with van der Waals surface area (Å²) in [5, 5.41) is 5.88. The Morgan fingerprint density at radius 2 is 2.10 bits per heavy atom. The SMILES string of the molecule is Cc1ccc(Br)c(NC(=O)C(=O)N2CCCNCC2)c1. The van der Waals surface area contributed by atoms with Gasteiger partial charge in [0.25, 0.3) is 0 Å². The number of rotatable bonds is 1. The van der Waals surface area contributed by atoms with Gasteiger partial charge in [0.05, 0.1) is 5.69 Å². The van der Waals surface area contributed by atoms with Crippen LogP contribution < -0.4 is 10.6 Å². The molecule has 20 heavy (non-hydrogen) atoms. The molecule has 2 N–H and O–H groups in total. The number of aryl methyl sites for hydroxylation is 1. The lowest BCUT2D eigenvalue weighted by atomic mass is 10.2. The van der Waals surface area contributed by atoms with Crippen molar-refractivity contribution >= 4 is 33.4 Å². The first kappa shape index (κ1) is 15.0. The van der Waals surface area contributed by atoms with Crippen LogP contribution in [0, 0.1) is 6.92 Å². The molecule has 0 aromatic heterocycles. The molecule has 0 aliphatic carbocycles. The molecule has 0 atom stereocenters. The molecule has 0 radical (unpaired) electrons. The molecule has 1 saturated heterocycles. The molecule has 0 spiro atoms. The first-order chi connectivity index (χ1) is 9.58. The highest BCUT2D eigenvalue weighted by Crippen LogP contribution is 2.23. The zero-order valence-electron chi connectivity index (χ0n) is 11.4. The molecule has 6 heteroatoms. The van der Waals surface area contributed by atoms with E-state index in [1.165, 1.54) is 0 Å². The second-order valence-electron chi connectivity index (χ2n) is 4.83. The van der Waals surface area contributed by atoms with Crippen molar-refractivity contribution in [1.82, 2.24) is 10.2 Å². The molecule has 1 aromatic carbocycles. The molecule has 1 fully saturated rings. The summed E-state index contributed by atoms with van der Waals surface area (Å²) in [6.45, 7) is 4.74. The molecule has 5 nitrogen and oxygen atoms in total. The first-order valence-electron chi connectivity index (χ1n) is 6.65. The van der Waals surface area contributed by atoms with Crippen molar-refractivity contribution < 1.29 is 9.59 Å². The van der Waals surface area contributed by atoms with Gasteiger partial charge in [-0.15, -0.1) is 0 Å². The third-order valence-electron chi connectivity index (χ3n) is 3.19. The van der Waals surface area contributed by atoms with Crippen LogP contribution >= 0.6 is 15.9 Å². The summed E-state index contributed by atoms with van der Waals surface area (Å²) in [5.74, 6) is -1.06. The molecular weight excluding hydrogens is 322 g/mol. The minimum Gasteiger partial charge on any atom is -0.333 e. The predicted octanol–water partition coefficient (Wildman–Crippen LogP) is 1.52. The fourth-order valence-electron chi connectivity index (χ4n) is 2.10. The van der Waals surface area contributed by atoms with E-state index in [2.05, 4.69) is 26.6 Å². The molecule has 1 heterocycles. The Bertz CT molecular complexity index is 511. The minimum absolute atomic E-state index is 0.470. The molecule has 0 unspecified atom stereocenters. The van der Waals surface area contributed by atoms with Crippen LogP contribution in [0.15, 0.2) is 22.7 Å². The van der Waals surface area contributed by atoms with E-state index < -0.39 is 11.8 Å². The van der Waals surface area contributed by atoms with Crippen molar-refractivity contribution in [3.63, 3.8) is 0 Å². The largest absolute Gasteiger partial charge is 0.333 e. The number of benzene rings is 1. The number of carbonyl (C=O) groups is 2. The maximum Gasteiger partial charge on any atom is 0.313 e. The van der Waals surface area contributed by atoms with Crippen LogP contribution in [0.5, 0.6) is 0 Å². The van der Waals surface area contributed by atoms with Gasteiger partial charge in [0.1, 0.15) is 0 Å². The quantitative estimate of drug-likeness (QED) is 0.762. The summed E-state index contributed by atoms with van der Waals surface area (Å²) in [7, 11) is 0. The zero-order chi connectivity index (χ0) is 14.5. The molecular formula is C14H18BrN3O2. The maximum atomic E-state index is 12.1. The Balaban J connectivity index is 2.03. The summed E-state index contributed by atoms with van der Waals surface area (Å²) in [4.78, 5) is 25.8. The molecule has 0 saturated carbocycles. The van der Waals surface area contributed by atoms with Gasteiger partial charge in [-0.2, -0.15) is 0 Å². The lowest BCUT2D eigenvalue weighted by molar-refractivity contribution is -0.143. The van der Waals surface area contributed by atoms with Crippen molar-refractivity contribution in [3.05, 3.63) is 28.2 Å². The summed E-state index contributed by atoms with van der Waals surface area (Å²) < 4.78 is 0.766. The van der Waals surface area contributed by atoms with E-state index in [1.54, 1.807) is 4.90 Å². The Morgan fingerprint density at radius 1 is 1.30 bits per heavy atom. The van der Waals surface area contributed by atoms with Crippen LogP contribution in [-0.4, -0.2) is 42.9 Å². The van der Waals surface area contributed by atoms with E-state index >= 15 is 0 Å². The summed E-state index contributed by atoms with van der Waals surface area (Å²) >= 11 is 3.37. The predicted molar refractivity (Wildman–Crippen MR) is 81.6 cm³/mol. The van der Waals surface area contributed by atoms with Crippen molar-refractivity contribution in [2.75, 3.05) is 31.5 Å². The highest BCUT2D eigenvalue weighted by atomic mass is 79.9. The highest BCUT2D eigenvalue weighted by Gasteiger charge is 2.23. The number of hydrogen-bond donors (Lipinski definition) is 2. The van der Waals surface area contributed by atoms with Gasteiger partial charge in [-0.05, 0) is 53.5 Å². The van der Waals surface area contributed by atoms with Crippen LogP contribution in [0.25, 0.3) is 0 Å². The van der Waals surface area contributed by atoms with Gasteiger partial charge in [0, 0.05) is 24.1 Å². The van der Waals surface area contributed by atoms with Crippen molar-refractivity contribution in [2.45, 2.75) is 13.3 Å². The fraction of sp³-hybridized carbons (Fsp3) is 0.429. The molecule has 1 aromatic rings. The van der Waals surface area contributed by atoms with E-state index in [0.717, 1.165) is 29.5 Å². The third kappa shape index (κ3) is 3.80. The topological polar surface area (TPSA) is 61.4 Å². The molecule has 108 valence electrons. The number of nitrogens with one attached hydrogen (secondary N) is 2. The highest BCUT2D eigenvalue weighted by molar-refractivity contribution is 9.10. The molecule has 2 rings (SSSR count). The molecule has 0 bridgehead atoms. The van der Waals surface area contributed by atoms with Gasteiger partial charge < -0.3 is 15.5 Å². The Labute approximate surface area is 126 Å². The number of carbonyl (C=O) groups excluding carboxylic acids is 2. The van der Waals surface area contributed by atoms with Gasteiger partial charge in [-0.1, -0.05) is 6.07 Å². The summed E-state index contributed by atoms with van der Waals surface area (Å²) in [5.41, 5.74) is 1.64. The lowest BCUT2D eigenvalue weighted by Gasteiger charge is -2.19. The van der Waals surface area contributed by atoms with Gasteiger partial charge in [-0.25, -0.2) is 0 Å². The fourth-order valence-corrected chi connectivity index (χ4v) is 2.45.